The van der Waals surface area contributed by atoms with Crippen molar-refractivity contribution in [2.75, 3.05) is 6.54 Å². The molecule has 1 rings (SSSR count). The molecule has 2 heteroatoms. The Balaban J connectivity index is 2.47. The van der Waals surface area contributed by atoms with Crippen LogP contribution in [0.5, 0.6) is 0 Å². The van der Waals surface area contributed by atoms with Gasteiger partial charge in [0, 0.05) is 12.5 Å². The Morgan fingerprint density at radius 3 is 2.53 bits per heavy atom. The molecule has 3 atom stereocenters. The third kappa shape index (κ3) is 3.22. The summed E-state index contributed by atoms with van der Waals surface area (Å²) in [6, 6.07) is 0. The van der Waals surface area contributed by atoms with Crippen LogP contribution in [-0.2, 0) is 4.79 Å². The van der Waals surface area contributed by atoms with Crippen molar-refractivity contribution in [2.45, 2.75) is 47.0 Å². The molecule has 1 aliphatic carbocycles. The minimum Gasteiger partial charge on any atom is -0.356 e. The predicted octanol–water partition coefficient (Wildman–Crippen LogP) is 2.83. The molecule has 3 unspecified atom stereocenters. The standard InChI is InChI=1S/C13H25NO/c1-5-14-13(15)11-6-7-12(9(2)3)10(4)8-11/h9-12H,5-8H2,1-4H3,(H,14,15). The van der Waals surface area contributed by atoms with Gasteiger partial charge in [-0.3, -0.25) is 4.79 Å². The third-order valence-electron chi connectivity index (χ3n) is 3.81. The summed E-state index contributed by atoms with van der Waals surface area (Å²) < 4.78 is 0. The lowest BCUT2D eigenvalue weighted by Gasteiger charge is -2.35. The molecule has 15 heavy (non-hydrogen) atoms. The molecule has 0 saturated heterocycles. The van der Waals surface area contributed by atoms with Crippen molar-refractivity contribution < 1.29 is 4.79 Å². The van der Waals surface area contributed by atoms with Crippen LogP contribution in [0.15, 0.2) is 0 Å². The Morgan fingerprint density at radius 2 is 2.07 bits per heavy atom. The smallest absolute Gasteiger partial charge is 0.223 e. The third-order valence-corrected chi connectivity index (χ3v) is 3.81. The molecule has 0 aliphatic heterocycles. The fourth-order valence-electron chi connectivity index (χ4n) is 2.97. The van der Waals surface area contributed by atoms with Gasteiger partial charge in [-0.25, -0.2) is 0 Å². The maximum atomic E-state index is 11.7. The second-order valence-electron chi connectivity index (χ2n) is 5.29. The van der Waals surface area contributed by atoms with E-state index in [0.29, 0.717) is 5.92 Å². The fraction of sp³-hybridized carbons (Fsp3) is 0.923. The summed E-state index contributed by atoms with van der Waals surface area (Å²) in [7, 11) is 0. The highest BCUT2D eigenvalue weighted by molar-refractivity contribution is 5.78. The first-order valence-electron chi connectivity index (χ1n) is 6.34. The van der Waals surface area contributed by atoms with Crippen LogP contribution in [0.1, 0.15) is 47.0 Å². The Hall–Kier alpha value is -0.530. The van der Waals surface area contributed by atoms with Gasteiger partial charge in [0.05, 0.1) is 0 Å². The minimum absolute atomic E-state index is 0.270. The molecule has 1 aliphatic rings. The van der Waals surface area contributed by atoms with E-state index in [0.717, 1.165) is 31.2 Å². The largest absolute Gasteiger partial charge is 0.356 e. The molecule has 0 aromatic carbocycles. The van der Waals surface area contributed by atoms with Gasteiger partial charge in [-0.2, -0.15) is 0 Å². The monoisotopic (exact) mass is 211 g/mol. The van der Waals surface area contributed by atoms with Crippen molar-refractivity contribution in [1.29, 1.82) is 0 Å². The Bertz CT molecular complexity index is 213. The minimum atomic E-state index is 0.270. The van der Waals surface area contributed by atoms with Crippen LogP contribution in [0.3, 0.4) is 0 Å². The highest BCUT2D eigenvalue weighted by Crippen LogP contribution is 2.37. The van der Waals surface area contributed by atoms with Crippen LogP contribution in [0.25, 0.3) is 0 Å². The normalized spacial score (nSPS) is 31.7. The Labute approximate surface area is 93.8 Å². The summed E-state index contributed by atoms with van der Waals surface area (Å²) in [6.45, 7) is 9.65. The second kappa shape index (κ2) is 5.53. The number of amides is 1. The highest BCUT2D eigenvalue weighted by Gasteiger charge is 2.32. The SMILES string of the molecule is CCNC(=O)C1CCC(C(C)C)C(C)C1. The first-order valence-corrected chi connectivity index (χ1v) is 6.34. The van der Waals surface area contributed by atoms with Crippen LogP contribution < -0.4 is 5.32 Å². The number of carbonyl (C=O) groups is 1. The van der Waals surface area contributed by atoms with Crippen molar-refractivity contribution >= 4 is 5.91 Å². The van der Waals surface area contributed by atoms with Gasteiger partial charge in [-0.05, 0) is 43.9 Å². The van der Waals surface area contributed by atoms with Gasteiger partial charge in [-0.1, -0.05) is 20.8 Å². The number of rotatable bonds is 3. The number of hydrogen-bond donors (Lipinski definition) is 1. The van der Waals surface area contributed by atoms with Gasteiger partial charge in [0.1, 0.15) is 0 Å². The molecule has 1 saturated carbocycles. The zero-order chi connectivity index (χ0) is 11.4. The quantitative estimate of drug-likeness (QED) is 0.764. The molecule has 2 nitrogen and oxygen atoms in total. The zero-order valence-corrected chi connectivity index (χ0v) is 10.5. The lowest BCUT2D eigenvalue weighted by molar-refractivity contribution is -0.126. The highest BCUT2D eigenvalue weighted by atomic mass is 16.1. The average Bonchev–Trinajstić information content (AvgIpc) is 2.17. The van der Waals surface area contributed by atoms with Crippen molar-refractivity contribution in [3.63, 3.8) is 0 Å². The van der Waals surface area contributed by atoms with E-state index in [1.165, 1.54) is 6.42 Å². The van der Waals surface area contributed by atoms with Crippen molar-refractivity contribution in [2.24, 2.45) is 23.7 Å². The molecule has 0 bridgehead atoms. The first kappa shape index (κ1) is 12.5. The Morgan fingerprint density at radius 1 is 1.40 bits per heavy atom. The van der Waals surface area contributed by atoms with Crippen LogP contribution in [0, 0.1) is 23.7 Å². The van der Waals surface area contributed by atoms with Crippen molar-refractivity contribution in [3.05, 3.63) is 0 Å². The van der Waals surface area contributed by atoms with Gasteiger partial charge in [0.2, 0.25) is 5.91 Å². The summed E-state index contributed by atoms with van der Waals surface area (Å²) in [5.41, 5.74) is 0. The second-order valence-corrected chi connectivity index (χ2v) is 5.29. The van der Waals surface area contributed by atoms with Crippen molar-refractivity contribution in [3.8, 4) is 0 Å². The molecule has 0 radical (unpaired) electrons. The van der Waals surface area contributed by atoms with Gasteiger partial charge >= 0.3 is 0 Å². The topological polar surface area (TPSA) is 29.1 Å². The van der Waals surface area contributed by atoms with E-state index >= 15 is 0 Å². The van der Waals surface area contributed by atoms with Crippen LogP contribution in [0.2, 0.25) is 0 Å². The molecule has 88 valence electrons. The molecule has 0 aromatic heterocycles. The van der Waals surface area contributed by atoms with E-state index in [2.05, 4.69) is 26.1 Å². The maximum Gasteiger partial charge on any atom is 0.223 e. The summed E-state index contributed by atoms with van der Waals surface area (Å²) in [4.78, 5) is 11.7. The van der Waals surface area contributed by atoms with E-state index in [-0.39, 0.29) is 11.8 Å². The fourth-order valence-corrected chi connectivity index (χ4v) is 2.97. The summed E-state index contributed by atoms with van der Waals surface area (Å²) in [5.74, 6) is 2.82. The summed E-state index contributed by atoms with van der Waals surface area (Å²) in [5, 5.41) is 2.94. The van der Waals surface area contributed by atoms with Gasteiger partial charge in [0.25, 0.3) is 0 Å². The first-order chi connectivity index (χ1) is 7.06. The molecule has 0 heterocycles. The van der Waals surface area contributed by atoms with Gasteiger partial charge in [0.15, 0.2) is 0 Å². The Kier molecular flexibility index (Phi) is 4.62. The van der Waals surface area contributed by atoms with Crippen LogP contribution in [0.4, 0.5) is 0 Å². The molecular weight excluding hydrogens is 186 g/mol. The summed E-state index contributed by atoms with van der Waals surface area (Å²) >= 11 is 0. The van der Waals surface area contributed by atoms with Crippen LogP contribution in [-0.4, -0.2) is 12.5 Å². The molecule has 0 spiro atoms. The molecule has 1 amide bonds. The molecule has 0 aromatic rings. The lowest BCUT2D eigenvalue weighted by Crippen LogP contribution is -2.36. The molecule has 1 fully saturated rings. The van der Waals surface area contributed by atoms with E-state index < -0.39 is 0 Å². The molecular formula is C13H25NO. The lowest BCUT2D eigenvalue weighted by atomic mass is 9.70. The maximum absolute atomic E-state index is 11.7. The predicted molar refractivity (Wildman–Crippen MR) is 63.5 cm³/mol. The number of nitrogens with one attached hydrogen (secondary N) is 1. The van der Waals surface area contributed by atoms with Crippen molar-refractivity contribution in [1.82, 2.24) is 5.32 Å². The van der Waals surface area contributed by atoms with E-state index in [1.54, 1.807) is 0 Å². The number of hydrogen-bond acceptors (Lipinski definition) is 1. The van der Waals surface area contributed by atoms with E-state index in [1.807, 2.05) is 6.92 Å². The van der Waals surface area contributed by atoms with Gasteiger partial charge in [-0.15, -0.1) is 0 Å². The average molecular weight is 211 g/mol. The summed E-state index contributed by atoms with van der Waals surface area (Å²) in [6.07, 6.45) is 3.38. The van der Waals surface area contributed by atoms with Crippen LogP contribution >= 0.6 is 0 Å². The number of carbonyl (C=O) groups excluding carboxylic acids is 1. The van der Waals surface area contributed by atoms with E-state index in [9.17, 15) is 4.79 Å². The zero-order valence-electron chi connectivity index (χ0n) is 10.5. The van der Waals surface area contributed by atoms with E-state index in [4.69, 9.17) is 0 Å². The molecule has 1 N–H and O–H groups in total. The van der Waals surface area contributed by atoms with Gasteiger partial charge < -0.3 is 5.32 Å².